The number of carbonyl (C=O) groups excluding carboxylic acids is 1. The topological polar surface area (TPSA) is 53.8 Å². The third kappa shape index (κ3) is 4.35. The van der Waals surface area contributed by atoms with Crippen molar-refractivity contribution in [2.45, 2.75) is 43.0 Å². The average molecular weight is 277 g/mol. The molecule has 4 nitrogen and oxygen atoms in total. The van der Waals surface area contributed by atoms with Crippen LogP contribution in [0.15, 0.2) is 38.8 Å². The summed E-state index contributed by atoms with van der Waals surface area (Å²) in [6, 6.07) is 7.82. The van der Waals surface area contributed by atoms with Crippen LogP contribution in [0.5, 0.6) is 0 Å². The number of benzene rings is 1. The molecule has 1 saturated carbocycles. The van der Waals surface area contributed by atoms with Crippen LogP contribution in [0.3, 0.4) is 0 Å². The Balaban J connectivity index is 1.91. The first kappa shape index (κ1) is 14.1. The van der Waals surface area contributed by atoms with E-state index < -0.39 is 0 Å². The van der Waals surface area contributed by atoms with Gasteiger partial charge in [0.05, 0.1) is 0 Å². The van der Waals surface area contributed by atoms with Crippen molar-refractivity contribution in [3.8, 4) is 0 Å². The summed E-state index contributed by atoms with van der Waals surface area (Å²) < 4.78 is 3.85. The van der Waals surface area contributed by atoms with Gasteiger partial charge in [0.15, 0.2) is 0 Å². The minimum absolute atomic E-state index is 0.0283. The molecule has 1 fully saturated rings. The molecule has 0 saturated heterocycles. The molecule has 0 aliphatic heterocycles. The van der Waals surface area contributed by atoms with Crippen LogP contribution in [0, 0.1) is 0 Å². The summed E-state index contributed by atoms with van der Waals surface area (Å²) in [5.41, 5.74) is 0.711. The highest BCUT2D eigenvalue weighted by Crippen LogP contribution is 2.20. The highest BCUT2D eigenvalue weighted by molar-refractivity contribution is 7.97. The molecule has 102 valence electrons. The zero-order valence-corrected chi connectivity index (χ0v) is 11.9. The van der Waals surface area contributed by atoms with Gasteiger partial charge in [0.25, 0.3) is 5.91 Å². The molecule has 1 aromatic carbocycles. The Bertz CT molecular complexity index is 439. The minimum Gasteiger partial charge on any atom is -0.349 e. The molecule has 0 heterocycles. The van der Waals surface area contributed by atoms with Crippen LogP contribution in [0.25, 0.3) is 0 Å². The molecule has 5 heteroatoms. The van der Waals surface area contributed by atoms with Crippen molar-refractivity contribution in [2.24, 2.45) is 9.63 Å². The monoisotopic (exact) mass is 277 g/mol. The van der Waals surface area contributed by atoms with Gasteiger partial charge in [-0.3, -0.25) is 4.79 Å². The maximum atomic E-state index is 12.1. The molecule has 0 bridgehead atoms. The van der Waals surface area contributed by atoms with Crippen molar-refractivity contribution in [2.75, 3.05) is 7.05 Å². The number of rotatable bonds is 4. The summed E-state index contributed by atoms with van der Waals surface area (Å²) in [6.07, 6.45) is 5.96. The minimum atomic E-state index is 0.0283. The third-order valence-corrected chi connectivity index (χ3v) is 4.01. The van der Waals surface area contributed by atoms with Crippen LogP contribution >= 0.6 is 11.9 Å². The van der Waals surface area contributed by atoms with E-state index in [0.29, 0.717) is 11.6 Å². The molecule has 1 amide bonds. The van der Waals surface area contributed by atoms with Crippen molar-refractivity contribution < 1.29 is 4.79 Å². The number of carbonyl (C=O) groups is 1. The van der Waals surface area contributed by atoms with Crippen LogP contribution < -0.4 is 5.32 Å². The predicted octanol–water partition coefficient (Wildman–Crippen LogP) is 3.84. The summed E-state index contributed by atoms with van der Waals surface area (Å²) >= 11 is 1.30. The summed E-state index contributed by atoms with van der Waals surface area (Å²) in [4.78, 5) is 13.1. The summed E-state index contributed by atoms with van der Waals surface area (Å²) in [7, 11) is 1.64. The lowest BCUT2D eigenvalue weighted by atomic mass is 9.95. The van der Waals surface area contributed by atoms with Gasteiger partial charge in [0.2, 0.25) is 0 Å². The van der Waals surface area contributed by atoms with Gasteiger partial charge in [0.1, 0.15) is 0 Å². The van der Waals surface area contributed by atoms with Gasteiger partial charge in [-0.15, -0.1) is 4.52 Å². The molecule has 1 N–H and O–H groups in total. The summed E-state index contributed by atoms with van der Waals surface area (Å²) in [5, 5.41) is 6.78. The van der Waals surface area contributed by atoms with E-state index in [0.717, 1.165) is 17.7 Å². The zero-order chi connectivity index (χ0) is 13.5. The molecule has 0 unspecified atom stereocenters. The van der Waals surface area contributed by atoms with E-state index in [-0.39, 0.29) is 5.91 Å². The van der Waals surface area contributed by atoms with Crippen LogP contribution in [0.2, 0.25) is 0 Å². The van der Waals surface area contributed by atoms with E-state index in [9.17, 15) is 4.79 Å². The maximum Gasteiger partial charge on any atom is 0.251 e. The van der Waals surface area contributed by atoms with E-state index in [4.69, 9.17) is 0 Å². The first-order valence-corrected chi connectivity index (χ1v) is 7.44. The van der Waals surface area contributed by atoms with E-state index >= 15 is 0 Å². The Morgan fingerprint density at radius 2 is 1.89 bits per heavy atom. The van der Waals surface area contributed by atoms with Crippen LogP contribution in [-0.4, -0.2) is 19.0 Å². The molecule has 0 atom stereocenters. The number of nitrogens with one attached hydrogen (secondary N) is 1. The fourth-order valence-corrected chi connectivity index (χ4v) is 2.70. The van der Waals surface area contributed by atoms with Gasteiger partial charge in [0, 0.05) is 35.5 Å². The fraction of sp³-hybridized carbons (Fsp3) is 0.500. The van der Waals surface area contributed by atoms with Gasteiger partial charge in [-0.1, -0.05) is 19.3 Å². The number of hydrogen-bond acceptors (Lipinski definition) is 4. The van der Waals surface area contributed by atoms with Crippen molar-refractivity contribution in [1.82, 2.24) is 5.32 Å². The number of nitrogens with zero attached hydrogens (tertiary/aromatic N) is 2. The maximum absolute atomic E-state index is 12.1. The molecule has 19 heavy (non-hydrogen) atoms. The zero-order valence-electron chi connectivity index (χ0n) is 11.1. The quantitative estimate of drug-likeness (QED) is 0.671. The Morgan fingerprint density at radius 1 is 1.21 bits per heavy atom. The second kappa shape index (κ2) is 7.28. The van der Waals surface area contributed by atoms with E-state index in [1.54, 1.807) is 7.05 Å². The van der Waals surface area contributed by atoms with Gasteiger partial charge in [-0.25, -0.2) is 0 Å². The lowest BCUT2D eigenvalue weighted by molar-refractivity contribution is 0.0927. The fourth-order valence-electron chi connectivity index (χ4n) is 2.27. The Labute approximate surface area is 118 Å². The third-order valence-electron chi connectivity index (χ3n) is 3.28. The van der Waals surface area contributed by atoms with E-state index in [1.165, 1.54) is 31.2 Å². The highest BCUT2D eigenvalue weighted by atomic mass is 32.2. The van der Waals surface area contributed by atoms with Crippen LogP contribution in [0.4, 0.5) is 0 Å². The van der Waals surface area contributed by atoms with E-state index in [2.05, 4.69) is 15.0 Å². The molecule has 0 spiro atoms. The molecular weight excluding hydrogens is 258 g/mol. The Morgan fingerprint density at radius 3 is 2.53 bits per heavy atom. The van der Waals surface area contributed by atoms with Crippen molar-refractivity contribution >= 4 is 17.9 Å². The highest BCUT2D eigenvalue weighted by Gasteiger charge is 2.16. The van der Waals surface area contributed by atoms with Gasteiger partial charge >= 0.3 is 0 Å². The summed E-state index contributed by atoms with van der Waals surface area (Å²) in [6.45, 7) is 0. The second-order valence-electron chi connectivity index (χ2n) is 4.71. The first-order valence-electron chi connectivity index (χ1n) is 6.66. The van der Waals surface area contributed by atoms with Crippen LogP contribution in [-0.2, 0) is 0 Å². The number of hydrogen-bond donors (Lipinski definition) is 1. The molecule has 1 aliphatic rings. The lowest BCUT2D eigenvalue weighted by Crippen LogP contribution is -2.36. The predicted molar refractivity (Wildman–Crippen MR) is 77.4 cm³/mol. The average Bonchev–Trinajstić information content (AvgIpc) is 2.46. The van der Waals surface area contributed by atoms with Crippen molar-refractivity contribution in [3.63, 3.8) is 0 Å². The normalized spacial score (nSPS) is 16.7. The number of amides is 1. The molecule has 1 aliphatic carbocycles. The van der Waals surface area contributed by atoms with Crippen molar-refractivity contribution in [1.29, 1.82) is 0 Å². The standard InChI is InChI=1S/C14H19N3OS/c1-15-17-19-13-9-7-11(8-10-13)14(18)16-12-5-3-2-4-6-12/h7-10,12H,2-6H2,1H3,(H,16,18). The Kier molecular flexibility index (Phi) is 5.39. The molecule has 1 aromatic rings. The van der Waals surface area contributed by atoms with Gasteiger partial charge in [-0.05, 0) is 37.1 Å². The SMILES string of the molecule is CN=NSc1ccc(C(=O)NC2CCCCC2)cc1. The molecule has 0 aromatic heterocycles. The van der Waals surface area contributed by atoms with Gasteiger partial charge in [-0.2, -0.15) is 5.11 Å². The molecule has 2 rings (SSSR count). The smallest absolute Gasteiger partial charge is 0.251 e. The van der Waals surface area contributed by atoms with Crippen molar-refractivity contribution in [3.05, 3.63) is 29.8 Å². The van der Waals surface area contributed by atoms with Gasteiger partial charge < -0.3 is 5.32 Å². The lowest BCUT2D eigenvalue weighted by Gasteiger charge is -2.22. The molecule has 0 radical (unpaired) electrons. The van der Waals surface area contributed by atoms with Crippen LogP contribution in [0.1, 0.15) is 42.5 Å². The van der Waals surface area contributed by atoms with E-state index in [1.807, 2.05) is 24.3 Å². The first-order chi connectivity index (χ1) is 9.29. The summed E-state index contributed by atoms with van der Waals surface area (Å²) in [5.74, 6) is 0.0283. The molecular formula is C14H19N3OS. The Hall–Kier alpha value is -1.36. The largest absolute Gasteiger partial charge is 0.349 e. The second-order valence-corrected chi connectivity index (χ2v) is 5.52.